The first-order chi connectivity index (χ1) is 6.33. The standard InChI is InChI=1S/C10H21N3.2ClH/c11-4-3-10(12)8-2-1-7-5-13-6-9(7)8;;/h7-10,13H,1-6,11-12H2;2*1H. The van der Waals surface area contributed by atoms with E-state index in [2.05, 4.69) is 5.32 Å². The molecule has 5 N–H and O–H groups in total. The van der Waals surface area contributed by atoms with Gasteiger partial charge in [0, 0.05) is 6.04 Å². The van der Waals surface area contributed by atoms with E-state index < -0.39 is 0 Å². The first-order valence-corrected chi connectivity index (χ1v) is 5.49. The van der Waals surface area contributed by atoms with Gasteiger partial charge in [0.15, 0.2) is 0 Å². The van der Waals surface area contributed by atoms with Crippen LogP contribution in [0.3, 0.4) is 0 Å². The zero-order valence-corrected chi connectivity index (χ0v) is 10.7. The molecular formula is C10H23Cl2N3. The lowest BCUT2D eigenvalue weighted by molar-refractivity contribution is 0.309. The molecule has 2 rings (SSSR count). The number of hydrogen-bond acceptors (Lipinski definition) is 3. The molecule has 4 atom stereocenters. The number of hydrogen-bond donors (Lipinski definition) is 3. The summed E-state index contributed by atoms with van der Waals surface area (Å²) < 4.78 is 0. The van der Waals surface area contributed by atoms with Gasteiger partial charge >= 0.3 is 0 Å². The van der Waals surface area contributed by atoms with Crippen LogP contribution in [0.25, 0.3) is 0 Å². The van der Waals surface area contributed by atoms with Crippen LogP contribution in [0.4, 0.5) is 0 Å². The minimum atomic E-state index is 0. The first kappa shape index (κ1) is 15.5. The van der Waals surface area contributed by atoms with Crippen molar-refractivity contribution in [1.29, 1.82) is 0 Å². The lowest BCUT2D eigenvalue weighted by atomic mass is 9.86. The third-order valence-corrected chi connectivity index (χ3v) is 3.86. The molecule has 4 unspecified atom stereocenters. The molecule has 0 radical (unpaired) electrons. The Morgan fingerprint density at radius 1 is 1.20 bits per heavy atom. The zero-order chi connectivity index (χ0) is 9.26. The summed E-state index contributed by atoms with van der Waals surface area (Å²) in [6, 6.07) is 0.347. The van der Waals surface area contributed by atoms with Crippen LogP contribution in [0.2, 0.25) is 0 Å². The van der Waals surface area contributed by atoms with Crippen molar-refractivity contribution in [2.24, 2.45) is 29.2 Å². The molecule has 1 saturated carbocycles. The molecule has 0 aromatic rings. The number of rotatable bonds is 3. The maximum atomic E-state index is 6.14. The van der Waals surface area contributed by atoms with E-state index in [4.69, 9.17) is 11.5 Å². The quantitative estimate of drug-likeness (QED) is 0.698. The Morgan fingerprint density at radius 2 is 1.93 bits per heavy atom. The summed E-state index contributed by atoms with van der Waals surface area (Å²) in [5.74, 6) is 2.50. The summed E-state index contributed by atoms with van der Waals surface area (Å²) in [4.78, 5) is 0. The van der Waals surface area contributed by atoms with Gasteiger partial charge in [-0.3, -0.25) is 0 Å². The maximum absolute atomic E-state index is 6.14. The normalized spacial score (nSPS) is 35.2. The van der Waals surface area contributed by atoms with Crippen molar-refractivity contribution in [1.82, 2.24) is 5.32 Å². The van der Waals surface area contributed by atoms with Crippen molar-refractivity contribution in [3.8, 4) is 0 Å². The highest BCUT2D eigenvalue weighted by atomic mass is 35.5. The Bertz CT molecular complexity index is 180. The van der Waals surface area contributed by atoms with Crippen LogP contribution in [-0.4, -0.2) is 25.7 Å². The highest BCUT2D eigenvalue weighted by Gasteiger charge is 2.41. The predicted octanol–water partition coefficient (Wildman–Crippen LogP) is 0.752. The third kappa shape index (κ3) is 3.21. The van der Waals surface area contributed by atoms with Crippen molar-refractivity contribution in [2.45, 2.75) is 25.3 Å². The fraction of sp³-hybridized carbons (Fsp3) is 1.00. The summed E-state index contributed by atoms with van der Waals surface area (Å²) in [6.45, 7) is 3.15. The number of fused-ring (bicyclic) bond motifs is 1. The Kier molecular flexibility index (Phi) is 7.13. The molecule has 0 aromatic carbocycles. The van der Waals surface area contributed by atoms with Gasteiger partial charge in [-0.15, -0.1) is 24.8 Å². The maximum Gasteiger partial charge on any atom is 0.00824 e. The second-order valence-electron chi connectivity index (χ2n) is 4.56. The highest BCUT2D eigenvalue weighted by molar-refractivity contribution is 5.85. The average Bonchev–Trinajstić information content (AvgIpc) is 2.62. The van der Waals surface area contributed by atoms with Gasteiger partial charge in [-0.05, 0) is 56.7 Å². The van der Waals surface area contributed by atoms with Crippen molar-refractivity contribution in [2.75, 3.05) is 19.6 Å². The molecule has 2 aliphatic rings. The van der Waals surface area contributed by atoms with Crippen molar-refractivity contribution in [3.63, 3.8) is 0 Å². The molecule has 92 valence electrons. The van der Waals surface area contributed by atoms with Crippen LogP contribution in [0.5, 0.6) is 0 Å². The molecule has 0 aromatic heterocycles. The monoisotopic (exact) mass is 255 g/mol. The average molecular weight is 256 g/mol. The lowest BCUT2D eigenvalue weighted by Gasteiger charge is -2.24. The van der Waals surface area contributed by atoms with Gasteiger partial charge in [0.2, 0.25) is 0 Å². The fourth-order valence-corrected chi connectivity index (χ4v) is 3.13. The summed E-state index contributed by atoms with van der Waals surface area (Å²) in [5.41, 5.74) is 11.7. The summed E-state index contributed by atoms with van der Waals surface area (Å²) in [5, 5.41) is 3.46. The van der Waals surface area contributed by atoms with Gasteiger partial charge < -0.3 is 16.8 Å². The van der Waals surface area contributed by atoms with E-state index in [0.717, 1.165) is 30.7 Å². The van der Waals surface area contributed by atoms with Gasteiger partial charge in [0.1, 0.15) is 0 Å². The molecule has 1 saturated heterocycles. The zero-order valence-electron chi connectivity index (χ0n) is 9.02. The van der Waals surface area contributed by atoms with E-state index in [-0.39, 0.29) is 24.8 Å². The van der Waals surface area contributed by atoms with Crippen molar-refractivity contribution < 1.29 is 0 Å². The summed E-state index contributed by atoms with van der Waals surface area (Å²) in [7, 11) is 0. The van der Waals surface area contributed by atoms with Gasteiger partial charge in [-0.25, -0.2) is 0 Å². The molecule has 0 spiro atoms. The van der Waals surface area contributed by atoms with E-state index in [0.29, 0.717) is 6.04 Å². The van der Waals surface area contributed by atoms with E-state index in [1.165, 1.54) is 25.9 Å². The minimum Gasteiger partial charge on any atom is -0.330 e. The molecule has 5 heteroatoms. The third-order valence-electron chi connectivity index (χ3n) is 3.86. The second-order valence-corrected chi connectivity index (χ2v) is 4.56. The summed E-state index contributed by atoms with van der Waals surface area (Å²) in [6.07, 6.45) is 3.70. The van der Waals surface area contributed by atoms with E-state index in [1.54, 1.807) is 0 Å². The van der Waals surface area contributed by atoms with E-state index >= 15 is 0 Å². The number of nitrogens with two attached hydrogens (primary N) is 2. The van der Waals surface area contributed by atoms with Crippen LogP contribution in [0, 0.1) is 17.8 Å². The van der Waals surface area contributed by atoms with Gasteiger partial charge in [0.25, 0.3) is 0 Å². The molecule has 3 nitrogen and oxygen atoms in total. The van der Waals surface area contributed by atoms with Gasteiger partial charge in [0.05, 0.1) is 0 Å². The van der Waals surface area contributed by atoms with Gasteiger partial charge in [-0.2, -0.15) is 0 Å². The Morgan fingerprint density at radius 3 is 2.60 bits per heavy atom. The fourth-order valence-electron chi connectivity index (χ4n) is 3.13. The van der Waals surface area contributed by atoms with Gasteiger partial charge in [-0.1, -0.05) is 0 Å². The van der Waals surface area contributed by atoms with Crippen LogP contribution in [-0.2, 0) is 0 Å². The molecule has 15 heavy (non-hydrogen) atoms. The number of nitrogens with one attached hydrogen (secondary N) is 1. The number of halogens is 2. The lowest BCUT2D eigenvalue weighted by Crippen LogP contribution is -2.36. The summed E-state index contributed by atoms with van der Waals surface area (Å²) >= 11 is 0. The Balaban J connectivity index is 0.000000980. The van der Waals surface area contributed by atoms with Crippen molar-refractivity contribution in [3.05, 3.63) is 0 Å². The van der Waals surface area contributed by atoms with Crippen LogP contribution in [0.1, 0.15) is 19.3 Å². The highest BCUT2D eigenvalue weighted by Crippen LogP contribution is 2.40. The Labute approximate surface area is 105 Å². The van der Waals surface area contributed by atoms with Crippen molar-refractivity contribution >= 4 is 24.8 Å². The molecule has 1 aliphatic heterocycles. The molecule has 0 amide bonds. The van der Waals surface area contributed by atoms with Crippen LogP contribution >= 0.6 is 24.8 Å². The Hall–Kier alpha value is 0.460. The molecular weight excluding hydrogens is 233 g/mol. The van der Waals surface area contributed by atoms with Crippen LogP contribution < -0.4 is 16.8 Å². The first-order valence-electron chi connectivity index (χ1n) is 5.49. The smallest absolute Gasteiger partial charge is 0.00824 e. The second kappa shape index (κ2) is 6.92. The van der Waals surface area contributed by atoms with E-state index in [1.807, 2.05) is 0 Å². The topological polar surface area (TPSA) is 64.1 Å². The molecule has 1 heterocycles. The minimum absolute atomic E-state index is 0. The predicted molar refractivity (Wildman–Crippen MR) is 68.7 cm³/mol. The SMILES string of the molecule is Cl.Cl.NCCC(N)C1CCC2CNCC21. The molecule has 1 aliphatic carbocycles. The molecule has 0 bridgehead atoms. The largest absolute Gasteiger partial charge is 0.330 e. The van der Waals surface area contributed by atoms with Crippen LogP contribution in [0.15, 0.2) is 0 Å². The van der Waals surface area contributed by atoms with E-state index in [9.17, 15) is 0 Å². The molecule has 2 fully saturated rings.